The van der Waals surface area contributed by atoms with Gasteiger partial charge in [0.25, 0.3) is 0 Å². The molecule has 5 nitrogen and oxygen atoms in total. The van der Waals surface area contributed by atoms with Crippen LogP contribution in [0.25, 0.3) is 0 Å². The highest BCUT2D eigenvalue weighted by molar-refractivity contribution is 14.0. The van der Waals surface area contributed by atoms with E-state index in [-0.39, 0.29) is 24.0 Å². The summed E-state index contributed by atoms with van der Waals surface area (Å²) in [7, 11) is 3.97. The summed E-state index contributed by atoms with van der Waals surface area (Å²) < 4.78 is 11.2. The van der Waals surface area contributed by atoms with Gasteiger partial charge in [-0.1, -0.05) is 30.3 Å². The minimum Gasteiger partial charge on any atom is -0.381 e. The second kappa shape index (κ2) is 15.1. The number of rotatable bonds is 10. The summed E-state index contributed by atoms with van der Waals surface area (Å²) in [5, 5.41) is 3.44. The lowest BCUT2D eigenvalue weighted by atomic mass is 9.96. The number of halogens is 1. The van der Waals surface area contributed by atoms with E-state index in [2.05, 4.69) is 46.5 Å². The summed E-state index contributed by atoms with van der Waals surface area (Å²) in [6.45, 7) is 5.33. The van der Waals surface area contributed by atoms with Gasteiger partial charge in [0.2, 0.25) is 0 Å². The normalized spacial score (nSPS) is 15.3. The van der Waals surface area contributed by atoms with E-state index in [1.165, 1.54) is 24.8 Å². The van der Waals surface area contributed by atoms with Crippen molar-refractivity contribution in [1.29, 1.82) is 0 Å². The minimum atomic E-state index is 0. The van der Waals surface area contributed by atoms with E-state index >= 15 is 0 Å². The van der Waals surface area contributed by atoms with Crippen molar-refractivity contribution in [2.24, 2.45) is 10.9 Å². The van der Waals surface area contributed by atoms with Gasteiger partial charge in [-0.3, -0.25) is 4.99 Å². The van der Waals surface area contributed by atoms with Gasteiger partial charge in [-0.2, -0.15) is 0 Å². The minimum absolute atomic E-state index is 0. The molecular weight excluding hydrogens is 453 g/mol. The SMILES string of the molecule is CN=C(NCCCOCCc1ccccc1)N(C)CCC1CCOCC1.I. The maximum Gasteiger partial charge on any atom is 0.193 e. The van der Waals surface area contributed by atoms with Gasteiger partial charge in [0.15, 0.2) is 5.96 Å². The van der Waals surface area contributed by atoms with Crippen LogP contribution in [-0.2, 0) is 15.9 Å². The van der Waals surface area contributed by atoms with Crippen molar-refractivity contribution in [2.45, 2.75) is 32.1 Å². The lowest BCUT2D eigenvalue weighted by Gasteiger charge is -2.26. The first kappa shape index (κ1) is 24.2. The Balaban J connectivity index is 0.00000364. The fraction of sp³-hybridized carbons (Fsp3) is 0.667. The average Bonchev–Trinajstić information content (AvgIpc) is 2.70. The van der Waals surface area contributed by atoms with Crippen molar-refractivity contribution in [3.63, 3.8) is 0 Å². The molecule has 1 aromatic rings. The number of ether oxygens (including phenoxy) is 2. The van der Waals surface area contributed by atoms with Gasteiger partial charge in [0.1, 0.15) is 0 Å². The van der Waals surface area contributed by atoms with Gasteiger partial charge in [0.05, 0.1) is 6.61 Å². The van der Waals surface area contributed by atoms with Crippen LogP contribution in [0.1, 0.15) is 31.2 Å². The van der Waals surface area contributed by atoms with Crippen LogP contribution in [0.4, 0.5) is 0 Å². The Morgan fingerprint density at radius 1 is 1.22 bits per heavy atom. The molecule has 1 saturated heterocycles. The van der Waals surface area contributed by atoms with E-state index in [0.717, 1.165) is 64.2 Å². The van der Waals surface area contributed by atoms with Crippen LogP contribution in [0.2, 0.25) is 0 Å². The third-order valence-electron chi connectivity index (χ3n) is 4.91. The molecule has 1 aliphatic heterocycles. The smallest absolute Gasteiger partial charge is 0.193 e. The molecule has 2 rings (SSSR count). The Labute approximate surface area is 181 Å². The molecule has 1 N–H and O–H groups in total. The number of nitrogens with one attached hydrogen (secondary N) is 1. The van der Waals surface area contributed by atoms with Crippen LogP contribution in [-0.4, -0.2) is 64.5 Å². The summed E-state index contributed by atoms with van der Waals surface area (Å²) in [6.07, 6.45) is 5.57. The zero-order chi connectivity index (χ0) is 18.5. The number of aliphatic imine (C=N–C) groups is 1. The van der Waals surface area contributed by atoms with Crippen LogP contribution in [0.5, 0.6) is 0 Å². The molecule has 1 aromatic carbocycles. The summed E-state index contributed by atoms with van der Waals surface area (Å²) in [6, 6.07) is 10.5. The van der Waals surface area contributed by atoms with Crippen molar-refractivity contribution in [1.82, 2.24) is 10.2 Å². The molecule has 0 aromatic heterocycles. The highest BCUT2D eigenvalue weighted by atomic mass is 127. The summed E-state index contributed by atoms with van der Waals surface area (Å²) in [5.41, 5.74) is 1.33. The third kappa shape index (κ3) is 10.3. The van der Waals surface area contributed by atoms with Crippen LogP contribution < -0.4 is 5.32 Å². The largest absolute Gasteiger partial charge is 0.381 e. The molecule has 1 aliphatic rings. The van der Waals surface area contributed by atoms with E-state index in [1.807, 2.05) is 13.1 Å². The van der Waals surface area contributed by atoms with Gasteiger partial charge in [-0.25, -0.2) is 0 Å². The van der Waals surface area contributed by atoms with Crippen molar-refractivity contribution >= 4 is 29.9 Å². The van der Waals surface area contributed by atoms with E-state index in [9.17, 15) is 0 Å². The molecule has 6 heteroatoms. The lowest BCUT2D eigenvalue weighted by Crippen LogP contribution is -2.40. The predicted octanol–water partition coefficient (Wildman–Crippen LogP) is 3.58. The second-order valence-corrected chi connectivity index (χ2v) is 6.94. The van der Waals surface area contributed by atoms with E-state index in [1.54, 1.807) is 0 Å². The molecule has 1 heterocycles. The molecule has 154 valence electrons. The molecule has 0 amide bonds. The van der Waals surface area contributed by atoms with Crippen molar-refractivity contribution in [2.75, 3.05) is 53.6 Å². The van der Waals surface area contributed by atoms with Gasteiger partial charge in [0, 0.05) is 47.0 Å². The molecule has 0 unspecified atom stereocenters. The first-order valence-corrected chi connectivity index (χ1v) is 9.91. The molecule has 0 bridgehead atoms. The predicted molar refractivity (Wildman–Crippen MR) is 123 cm³/mol. The maximum atomic E-state index is 5.74. The Hall–Kier alpha value is -0.860. The molecule has 0 spiro atoms. The van der Waals surface area contributed by atoms with E-state index < -0.39 is 0 Å². The zero-order valence-corrected chi connectivity index (χ0v) is 19.2. The average molecular weight is 489 g/mol. The van der Waals surface area contributed by atoms with Crippen molar-refractivity contribution in [3.8, 4) is 0 Å². The highest BCUT2D eigenvalue weighted by Crippen LogP contribution is 2.18. The first-order valence-electron chi connectivity index (χ1n) is 9.91. The van der Waals surface area contributed by atoms with Gasteiger partial charge >= 0.3 is 0 Å². The fourth-order valence-corrected chi connectivity index (χ4v) is 3.21. The van der Waals surface area contributed by atoms with Crippen LogP contribution in [0.3, 0.4) is 0 Å². The molecule has 0 atom stereocenters. The fourth-order valence-electron chi connectivity index (χ4n) is 3.21. The Kier molecular flexibility index (Phi) is 13.5. The van der Waals surface area contributed by atoms with E-state index in [0.29, 0.717) is 0 Å². The van der Waals surface area contributed by atoms with Gasteiger partial charge < -0.3 is 19.7 Å². The Morgan fingerprint density at radius 3 is 2.67 bits per heavy atom. The second-order valence-electron chi connectivity index (χ2n) is 6.94. The highest BCUT2D eigenvalue weighted by Gasteiger charge is 2.15. The van der Waals surface area contributed by atoms with Crippen LogP contribution in [0, 0.1) is 5.92 Å². The first-order chi connectivity index (χ1) is 12.8. The number of hydrogen-bond donors (Lipinski definition) is 1. The summed E-state index contributed by atoms with van der Waals surface area (Å²) >= 11 is 0. The van der Waals surface area contributed by atoms with E-state index in [4.69, 9.17) is 9.47 Å². The number of guanidine groups is 1. The Bertz CT molecular complexity index is 507. The Morgan fingerprint density at radius 2 is 1.96 bits per heavy atom. The molecule has 0 aliphatic carbocycles. The topological polar surface area (TPSA) is 46.1 Å². The maximum absolute atomic E-state index is 5.74. The summed E-state index contributed by atoms with van der Waals surface area (Å²) in [4.78, 5) is 6.62. The lowest BCUT2D eigenvalue weighted by molar-refractivity contribution is 0.0625. The summed E-state index contributed by atoms with van der Waals surface area (Å²) in [5.74, 6) is 1.77. The van der Waals surface area contributed by atoms with Crippen LogP contribution >= 0.6 is 24.0 Å². The molecule has 0 radical (unpaired) electrons. The number of nitrogens with zero attached hydrogens (tertiary/aromatic N) is 2. The zero-order valence-electron chi connectivity index (χ0n) is 16.9. The van der Waals surface area contributed by atoms with Crippen LogP contribution in [0.15, 0.2) is 35.3 Å². The number of benzene rings is 1. The molecule has 1 fully saturated rings. The molecular formula is C21H36IN3O2. The quantitative estimate of drug-likeness (QED) is 0.236. The van der Waals surface area contributed by atoms with Crippen molar-refractivity contribution in [3.05, 3.63) is 35.9 Å². The number of hydrogen-bond acceptors (Lipinski definition) is 3. The molecule has 0 saturated carbocycles. The standard InChI is InChI=1S/C21H35N3O2.HI/c1-22-21(24(2)14-9-20-11-17-26-18-12-20)23-13-6-15-25-16-10-19-7-4-3-5-8-19;/h3-5,7-8,20H,6,9-18H2,1-2H3,(H,22,23);1H. The monoisotopic (exact) mass is 489 g/mol. The van der Waals surface area contributed by atoms with Gasteiger partial charge in [-0.05, 0) is 43.6 Å². The molecule has 27 heavy (non-hydrogen) atoms. The third-order valence-corrected chi connectivity index (χ3v) is 4.91. The van der Waals surface area contributed by atoms with Gasteiger partial charge in [-0.15, -0.1) is 24.0 Å². The van der Waals surface area contributed by atoms with Crippen molar-refractivity contribution < 1.29 is 9.47 Å².